The Labute approximate surface area is 94.4 Å². The number of hydrogen-bond acceptors (Lipinski definition) is 3. The molecule has 1 aromatic carbocycles. The predicted octanol–water partition coefficient (Wildman–Crippen LogP) is 0.710. The summed E-state index contributed by atoms with van der Waals surface area (Å²) < 4.78 is 11.3. The summed E-state index contributed by atoms with van der Waals surface area (Å²) in [4.78, 5) is 14.3. The number of benzene rings is 1. The van der Waals surface area contributed by atoms with Gasteiger partial charge in [0, 0.05) is 11.5 Å². The molecular weight excluding hydrogens is 228 g/mol. The number of aromatic hydroxyl groups is 1. The Morgan fingerprint density at radius 2 is 2.25 bits per heavy atom. The molecule has 84 valence electrons. The van der Waals surface area contributed by atoms with Crippen molar-refractivity contribution in [2.24, 2.45) is 5.73 Å². The minimum Gasteiger partial charge on any atom is -0.612 e. The van der Waals surface area contributed by atoms with E-state index < -0.39 is 17.1 Å². The van der Waals surface area contributed by atoms with Gasteiger partial charge >= 0.3 is 0 Å². The third-order valence-electron chi connectivity index (χ3n) is 2.33. The molecule has 4 N–H and O–H groups in total. The first-order chi connectivity index (χ1) is 7.50. The molecule has 1 atom stereocenters. The van der Waals surface area contributed by atoms with E-state index in [1.165, 1.54) is 0 Å². The lowest BCUT2D eigenvalue weighted by atomic mass is 10.1. The number of amides is 1. The maximum Gasteiger partial charge on any atom is 0.254 e. The fraction of sp³-hybridized carbons (Fsp3) is 0.100. The van der Waals surface area contributed by atoms with Gasteiger partial charge < -0.3 is 20.4 Å². The van der Waals surface area contributed by atoms with E-state index >= 15 is 0 Å². The number of aromatic amines is 1. The largest absolute Gasteiger partial charge is 0.612 e. The maximum atomic E-state index is 11.3. The van der Waals surface area contributed by atoms with Gasteiger partial charge in [-0.15, -0.1) is 0 Å². The van der Waals surface area contributed by atoms with Crippen LogP contribution in [0.5, 0.6) is 5.88 Å². The lowest BCUT2D eigenvalue weighted by Gasteiger charge is -2.03. The third-order valence-corrected chi connectivity index (χ3v) is 3.25. The van der Waals surface area contributed by atoms with E-state index in [-0.39, 0.29) is 11.4 Å². The molecule has 1 unspecified atom stereocenters. The van der Waals surface area contributed by atoms with Gasteiger partial charge in [0.15, 0.2) is 4.90 Å². The van der Waals surface area contributed by atoms with Gasteiger partial charge in [0.1, 0.15) is 11.8 Å². The van der Waals surface area contributed by atoms with Crippen LogP contribution in [0.1, 0.15) is 10.4 Å². The fourth-order valence-corrected chi connectivity index (χ4v) is 2.13. The summed E-state index contributed by atoms with van der Waals surface area (Å²) in [5, 5.41) is 10.0. The number of nitrogens with two attached hydrogens (primary N) is 1. The second-order valence-electron chi connectivity index (χ2n) is 3.37. The van der Waals surface area contributed by atoms with Crippen molar-refractivity contribution in [1.82, 2.24) is 4.98 Å². The van der Waals surface area contributed by atoms with Gasteiger partial charge in [0.05, 0.1) is 5.52 Å². The van der Waals surface area contributed by atoms with Crippen LogP contribution in [0.4, 0.5) is 0 Å². The number of carbonyl (C=O) groups is 1. The molecule has 0 fully saturated rings. The summed E-state index contributed by atoms with van der Waals surface area (Å²) in [6.45, 7) is 0. The molecule has 0 aliphatic carbocycles. The number of carbonyl (C=O) groups excluding carboxylic acids is 1. The zero-order valence-electron chi connectivity index (χ0n) is 8.48. The van der Waals surface area contributed by atoms with Gasteiger partial charge in [-0.1, -0.05) is 0 Å². The number of nitrogens with one attached hydrogen (secondary N) is 1. The van der Waals surface area contributed by atoms with Crippen LogP contribution >= 0.6 is 0 Å². The number of rotatable bonds is 2. The first-order valence-electron chi connectivity index (χ1n) is 4.48. The first-order valence-corrected chi connectivity index (χ1v) is 6.04. The molecule has 0 aliphatic rings. The highest BCUT2D eigenvalue weighted by molar-refractivity contribution is 7.90. The average Bonchev–Trinajstić information content (AvgIpc) is 2.51. The number of H-pyrrole nitrogens is 1. The van der Waals surface area contributed by atoms with E-state index in [1.54, 1.807) is 24.5 Å². The Bertz CT molecular complexity index is 562. The summed E-state index contributed by atoms with van der Waals surface area (Å²) in [5.74, 6) is -0.962. The molecule has 0 radical (unpaired) electrons. The van der Waals surface area contributed by atoms with Crippen LogP contribution in [0, 0.1) is 0 Å². The van der Waals surface area contributed by atoms with Crippen molar-refractivity contribution in [1.29, 1.82) is 0 Å². The Morgan fingerprint density at radius 1 is 1.56 bits per heavy atom. The molecule has 2 aromatic rings. The van der Waals surface area contributed by atoms with Crippen LogP contribution in [0.25, 0.3) is 10.9 Å². The maximum absolute atomic E-state index is 11.3. The van der Waals surface area contributed by atoms with E-state index in [1.807, 2.05) is 0 Å². The van der Waals surface area contributed by atoms with Crippen molar-refractivity contribution in [3.63, 3.8) is 0 Å². The summed E-state index contributed by atoms with van der Waals surface area (Å²) in [7, 11) is 0. The van der Waals surface area contributed by atoms with Crippen LogP contribution in [0.15, 0.2) is 23.1 Å². The minimum atomic E-state index is -1.11. The minimum absolute atomic E-state index is 0.0587. The highest BCUT2D eigenvalue weighted by Gasteiger charge is 2.17. The number of hydrogen-bond donors (Lipinski definition) is 3. The van der Waals surface area contributed by atoms with Crippen LogP contribution in [0.3, 0.4) is 0 Å². The van der Waals surface area contributed by atoms with E-state index in [9.17, 15) is 14.5 Å². The Morgan fingerprint density at radius 3 is 2.81 bits per heavy atom. The quantitative estimate of drug-likeness (QED) is 0.671. The fourth-order valence-electron chi connectivity index (χ4n) is 1.59. The smallest absolute Gasteiger partial charge is 0.254 e. The van der Waals surface area contributed by atoms with Crippen molar-refractivity contribution in [2.75, 3.05) is 6.26 Å². The highest BCUT2D eigenvalue weighted by atomic mass is 32.2. The van der Waals surface area contributed by atoms with E-state index in [2.05, 4.69) is 4.98 Å². The van der Waals surface area contributed by atoms with Crippen molar-refractivity contribution in [3.8, 4) is 5.88 Å². The Balaban J connectivity index is 2.70. The Kier molecular flexibility index (Phi) is 2.53. The summed E-state index contributed by atoms with van der Waals surface area (Å²) >= 11 is -1.11. The molecule has 0 bridgehead atoms. The molecule has 0 saturated heterocycles. The SMILES string of the molecule is C[S+]([O-])c1ccc2c(C(N)=O)c(O)[nH]c2c1. The van der Waals surface area contributed by atoms with Crippen LogP contribution in [-0.2, 0) is 11.2 Å². The van der Waals surface area contributed by atoms with Gasteiger partial charge in [-0.3, -0.25) is 4.79 Å². The lowest BCUT2D eigenvalue weighted by Crippen LogP contribution is -2.10. The van der Waals surface area contributed by atoms with Gasteiger partial charge in [0.25, 0.3) is 5.91 Å². The third kappa shape index (κ3) is 1.62. The number of fused-ring (bicyclic) bond motifs is 1. The summed E-state index contributed by atoms with van der Waals surface area (Å²) in [6.07, 6.45) is 1.55. The monoisotopic (exact) mass is 238 g/mol. The van der Waals surface area contributed by atoms with Gasteiger partial charge in [-0.05, 0) is 23.3 Å². The highest BCUT2D eigenvalue weighted by Crippen LogP contribution is 2.28. The normalized spacial score (nSPS) is 12.9. The molecular formula is C10H10N2O3S. The van der Waals surface area contributed by atoms with Crippen LogP contribution in [-0.4, -0.2) is 26.8 Å². The zero-order chi connectivity index (χ0) is 11.9. The number of primary amides is 1. The molecule has 0 aliphatic heterocycles. The molecule has 16 heavy (non-hydrogen) atoms. The summed E-state index contributed by atoms with van der Waals surface area (Å²) in [5.41, 5.74) is 5.74. The second-order valence-corrected chi connectivity index (χ2v) is 4.75. The molecule has 2 rings (SSSR count). The van der Waals surface area contributed by atoms with Crippen LogP contribution in [0.2, 0.25) is 0 Å². The van der Waals surface area contributed by atoms with E-state index in [0.717, 1.165) is 0 Å². The van der Waals surface area contributed by atoms with E-state index in [4.69, 9.17) is 5.73 Å². The van der Waals surface area contributed by atoms with Crippen molar-refractivity contribution in [3.05, 3.63) is 23.8 Å². The lowest BCUT2D eigenvalue weighted by molar-refractivity contribution is 0.0999. The molecule has 0 spiro atoms. The van der Waals surface area contributed by atoms with Crippen LogP contribution < -0.4 is 5.73 Å². The van der Waals surface area contributed by atoms with Gasteiger partial charge in [0.2, 0.25) is 5.88 Å². The van der Waals surface area contributed by atoms with Gasteiger partial charge in [-0.2, -0.15) is 0 Å². The second kappa shape index (κ2) is 3.73. The molecule has 5 nitrogen and oxygen atoms in total. The molecule has 1 heterocycles. The van der Waals surface area contributed by atoms with E-state index in [0.29, 0.717) is 15.8 Å². The molecule has 1 amide bonds. The summed E-state index contributed by atoms with van der Waals surface area (Å²) in [6, 6.07) is 4.87. The van der Waals surface area contributed by atoms with Crippen molar-refractivity contribution < 1.29 is 14.5 Å². The topological polar surface area (TPSA) is 102 Å². The van der Waals surface area contributed by atoms with Crippen molar-refractivity contribution in [2.45, 2.75) is 4.90 Å². The average molecular weight is 238 g/mol. The van der Waals surface area contributed by atoms with Crippen molar-refractivity contribution >= 4 is 28.0 Å². The predicted molar refractivity (Wildman–Crippen MR) is 60.8 cm³/mol. The Hall–Kier alpha value is -1.66. The molecule has 1 aromatic heterocycles. The standard InChI is InChI=1S/C10H10N2O3S/c1-16(15)5-2-3-6-7(4-5)12-10(14)8(6)9(11)13/h2-4,12,14H,1H3,(H2,11,13). The zero-order valence-corrected chi connectivity index (χ0v) is 9.30. The number of aromatic nitrogens is 1. The molecule has 6 heteroatoms. The van der Waals surface area contributed by atoms with Gasteiger partial charge in [-0.25, -0.2) is 0 Å². The molecule has 0 saturated carbocycles. The first kappa shape index (κ1) is 10.8.